The predicted molar refractivity (Wildman–Crippen MR) is 112 cm³/mol. The number of carbonyl (C=O) groups is 1. The van der Waals surface area contributed by atoms with E-state index in [0.29, 0.717) is 4.88 Å². The summed E-state index contributed by atoms with van der Waals surface area (Å²) < 4.78 is 43.4. The number of carbonyl (C=O) groups excluding carboxylic acids is 1. The summed E-state index contributed by atoms with van der Waals surface area (Å²) in [6, 6.07) is 3.22. The number of aromatic nitrogens is 2. The molecule has 1 aliphatic rings. The fraction of sp³-hybridized carbons (Fsp3) is 0.300. The van der Waals surface area contributed by atoms with Gasteiger partial charge in [0.2, 0.25) is 0 Å². The Labute approximate surface area is 183 Å². The Morgan fingerprint density at radius 1 is 1.33 bits per heavy atom. The van der Waals surface area contributed by atoms with Gasteiger partial charge in [-0.25, -0.2) is 13.2 Å². The van der Waals surface area contributed by atoms with E-state index in [9.17, 15) is 18.0 Å². The summed E-state index contributed by atoms with van der Waals surface area (Å²) in [5.74, 6) is -4.38. The van der Waals surface area contributed by atoms with Crippen LogP contribution in [0.15, 0.2) is 28.9 Å². The van der Waals surface area contributed by atoms with Crippen molar-refractivity contribution >= 4 is 33.2 Å². The van der Waals surface area contributed by atoms with Gasteiger partial charge < -0.3 is 11.1 Å². The van der Waals surface area contributed by atoms with Gasteiger partial charge >= 0.3 is 0 Å². The highest BCUT2D eigenvalue weighted by atomic mass is 79.9. The molecule has 1 aromatic carbocycles. The zero-order valence-electron chi connectivity index (χ0n) is 15.7. The lowest BCUT2D eigenvalue weighted by Gasteiger charge is -2.17. The summed E-state index contributed by atoms with van der Waals surface area (Å²) in [5, 5.41) is 7.14. The van der Waals surface area contributed by atoms with Crippen LogP contribution in [0, 0.1) is 17.5 Å². The molecule has 2 aromatic heterocycles. The van der Waals surface area contributed by atoms with Crippen molar-refractivity contribution in [3.8, 4) is 11.3 Å². The molecule has 10 heteroatoms. The van der Waals surface area contributed by atoms with Crippen LogP contribution in [-0.4, -0.2) is 28.3 Å². The van der Waals surface area contributed by atoms with Crippen LogP contribution < -0.4 is 11.1 Å². The van der Waals surface area contributed by atoms with E-state index in [1.54, 1.807) is 6.20 Å². The molecule has 158 valence electrons. The number of hydrogen-bond acceptors (Lipinski definition) is 4. The van der Waals surface area contributed by atoms with Crippen LogP contribution in [0.3, 0.4) is 0 Å². The van der Waals surface area contributed by atoms with Crippen LogP contribution in [-0.2, 0) is 19.4 Å². The standard InChI is InChI=1S/C20H18BrF3N4OS/c21-13-9-26-28-5-1-2-15-12(19(13)28)7-16(30-15)20(29)27-11(8-25)6-10-3-4-14(22)18(24)17(10)23/h3-4,7,9,11H,1-2,5-6,8,25H2,(H,27,29). The second-order valence-electron chi connectivity index (χ2n) is 7.06. The average Bonchev–Trinajstić information content (AvgIpc) is 3.26. The summed E-state index contributed by atoms with van der Waals surface area (Å²) in [6.07, 6.45) is 3.44. The molecule has 5 nitrogen and oxygen atoms in total. The molecule has 1 aliphatic heterocycles. The van der Waals surface area contributed by atoms with Gasteiger partial charge in [-0.3, -0.25) is 9.48 Å². The maximum absolute atomic E-state index is 14.0. The Morgan fingerprint density at radius 3 is 2.90 bits per heavy atom. The van der Waals surface area contributed by atoms with Crippen LogP contribution in [0.1, 0.15) is 26.5 Å². The lowest BCUT2D eigenvalue weighted by atomic mass is 10.0. The van der Waals surface area contributed by atoms with Crippen molar-refractivity contribution in [2.24, 2.45) is 5.73 Å². The SMILES string of the molecule is NCC(Cc1ccc(F)c(F)c1F)NC(=O)c1cc2c(s1)CCCn1ncc(Br)c1-2. The van der Waals surface area contributed by atoms with Crippen molar-refractivity contribution in [2.45, 2.75) is 31.8 Å². The Hall–Kier alpha value is -2.17. The zero-order valence-corrected chi connectivity index (χ0v) is 18.1. The van der Waals surface area contributed by atoms with Gasteiger partial charge in [0.15, 0.2) is 17.5 Å². The first-order chi connectivity index (χ1) is 14.4. The van der Waals surface area contributed by atoms with E-state index in [-0.39, 0.29) is 24.4 Å². The topological polar surface area (TPSA) is 72.9 Å². The van der Waals surface area contributed by atoms with E-state index in [4.69, 9.17) is 5.73 Å². The summed E-state index contributed by atoms with van der Waals surface area (Å²) >= 11 is 4.92. The maximum Gasteiger partial charge on any atom is 0.261 e. The molecule has 3 N–H and O–H groups in total. The van der Waals surface area contributed by atoms with Crippen LogP contribution >= 0.6 is 27.3 Å². The molecule has 3 aromatic rings. The molecule has 1 unspecified atom stereocenters. The fourth-order valence-corrected chi connectivity index (χ4v) is 5.17. The number of aryl methyl sites for hydroxylation is 2. The Morgan fingerprint density at radius 2 is 2.13 bits per heavy atom. The minimum Gasteiger partial charge on any atom is -0.347 e. The van der Waals surface area contributed by atoms with Crippen molar-refractivity contribution in [2.75, 3.05) is 6.54 Å². The molecule has 0 radical (unpaired) electrons. The molecule has 3 heterocycles. The number of nitrogens with one attached hydrogen (secondary N) is 1. The van der Waals surface area contributed by atoms with Crippen molar-refractivity contribution in [1.29, 1.82) is 0 Å². The summed E-state index contributed by atoms with van der Waals surface area (Å²) in [4.78, 5) is 14.4. The molecular weight excluding hydrogens is 481 g/mol. The van der Waals surface area contributed by atoms with Gasteiger partial charge in [0.25, 0.3) is 5.91 Å². The van der Waals surface area contributed by atoms with Crippen LogP contribution in [0.2, 0.25) is 0 Å². The minimum absolute atomic E-state index is 0.0214. The minimum atomic E-state index is -1.53. The number of rotatable bonds is 5. The fourth-order valence-electron chi connectivity index (χ4n) is 3.55. The second-order valence-corrected chi connectivity index (χ2v) is 9.05. The highest BCUT2D eigenvalue weighted by molar-refractivity contribution is 9.10. The summed E-state index contributed by atoms with van der Waals surface area (Å²) in [5.41, 5.74) is 7.59. The first-order valence-electron chi connectivity index (χ1n) is 9.36. The molecule has 1 atom stereocenters. The normalized spacial score (nSPS) is 14.0. The average molecular weight is 499 g/mol. The van der Waals surface area contributed by atoms with Gasteiger partial charge in [-0.2, -0.15) is 5.10 Å². The molecule has 0 spiro atoms. The molecule has 0 aliphatic carbocycles. The largest absolute Gasteiger partial charge is 0.347 e. The highest BCUT2D eigenvalue weighted by Gasteiger charge is 2.24. The summed E-state index contributed by atoms with van der Waals surface area (Å²) in [7, 11) is 0. The number of amides is 1. The number of benzene rings is 1. The third-order valence-corrected chi connectivity index (χ3v) is 6.83. The molecule has 0 bridgehead atoms. The number of nitrogens with zero attached hydrogens (tertiary/aromatic N) is 2. The quantitative estimate of drug-likeness (QED) is 0.521. The van der Waals surface area contributed by atoms with E-state index in [0.717, 1.165) is 52.1 Å². The third-order valence-electron chi connectivity index (χ3n) is 5.06. The Bertz CT molecular complexity index is 1110. The van der Waals surface area contributed by atoms with Gasteiger partial charge in [-0.1, -0.05) is 6.07 Å². The van der Waals surface area contributed by atoms with Gasteiger partial charge in [-0.15, -0.1) is 11.3 Å². The number of thiophene rings is 1. The lowest BCUT2D eigenvalue weighted by molar-refractivity contribution is 0.0942. The van der Waals surface area contributed by atoms with Gasteiger partial charge in [0.1, 0.15) is 0 Å². The second kappa shape index (κ2) is 8.52. The van der Waals surface area contributed by atoms with E-state index in [1.165, 1.54) is 11.3 Å². The molecule has 0 saturated heterocycles. The van der Waals surface area contributed by atoms with E-state index >= 15 is 0 Å². The molecule has 1 amide bonds. The predicted octanol–water partition coefficient (Wildman–Crippen LogP) is 4.04. The number of nitrogens with two attached hydrogens (primary N) is 1. The molecular formula is C20H18BrF3N4OS. The zero-order chi connectivity index (χ0) is 21.4. The van der Waals surface area contributed by atoms with Gasteiger partial charge in [0, 0.05) is 29.6 Å². The van der Waals surface area contributed by atoms with E-state index in [2.05, 4.69) is 26.3 Å². The number of fused-ring (bicyclic) bond motifs is 3. The molecule has 4 rings (SSSR count). The van der Waals surface area contributed by atoms with Crippen LogP contribution in [0.4, 0.5) is 13.2 Å². The first-order valence-corrected chi connectivity index (χ1v) is 11.0. The monoisotopic (exact) mass is 498 g/mol. The lowest BCUT2D eigenvalue weighted by Crippen LogP contribution is -2.41. The Kier molecular flexibility index (Phi) is 5.99. The van der Waals surface area contributed by atoms with Crippen molar-refractivity contribution < 1.29 is 18.0 Å². The van der Waals surface area contributed by atoms with Gasteiger partial charge in [0.05, 0.1) is 21.2 Å². The number of hydrogen-bond donors (Lipinski definition) is 2. The van der Waals surface area contributed by atoms with Gasteiger partial charge in [-0.05, 0) is 52.9 Å². The third kappa shape index (κ3) is 3.91. The number of halogens is 4. The van der Waals surface area contributed by atoms with Crippen molar-refractivity contribution in [1.82, 2.24) is 15.1 Å². The Balaban J connectivity index is 1.55. The molecule has 0 fully saturated rings. The van der Waals surface area contributed by atoms with Crippen LogP contribution in [0.25, 0.3) is 11.3 Å². The molecule has 0 saturated carbocycles. The van der Waals surface area contributed by atoms with E-state index < -0.39 is 23.5 Å². The maximum atomic E-state index is 14.0. The van der Waals surface area contributed by atoms with E-state index in [1.807, 2.05) is 10.7 Å². The first kappa shape index (κ1) is 21.1. The molecule has 30 heavy (non-hydrogen) atoms. The summed E-state index contributed by atoms with van der Waals surface area (Å²) in [6.45, 7) is 0.826. The van der Waals surface area contributed by atoms with Crippen molar-refractivity contribution in [3.63, 3.8) is 0 Å². The smallest absolute Gasteiger partial charge is 0.261 e. The highest BCUT2D eigenvalue weighted by Crippen LogP contribution is 2.38. The van der Waals surface area contributed by atoms with Crippen molar-refractivity contribution in [3.05, 3.63) is 61.6 Å². The van der Waals surface area contributed by atoms with Crippen LogP contribution in [0.5, 0.6) is 0 Å².